The third-order valence-corrected chi connectivity index (χ3v) is 3.80. The Morgan fingerprint density at radius 3 is 2.54 bits per heavy atom. The minimum atomic E-state index is -0.580. The molecule has 0 bridgehead atoms. The topological polar surface area (TPSA) is 99.2 Å². The van der Waals surface area contributed by atoms with Crippen LogP contribution in [0.3, 0.4) is 0 Å². The number of ether oxygens (including phenoxy) is 1. The SMILES string of the molecule is COc1ccc(Cn2ccc(NC(=O)c3cccc(C(N)=O)c3)n2)cc1. The Balaban J connectivity index is 1.66. The number of aromatic nitrogens is 2. The number of benzene rings is 2. The molecule has 0 fully saturated rings. The number of primary amides is 1. The van der Waals surface area contributed by atoms with E-state index in [0.29, 0.717) is 17.9 Å². The molecule has 0 aliphatic rings. The molecule has 1 heterocycles. The molecule has 2 aromatic carbocycles. The van der Waals surface area contributed by atoms with Crippen molar-refractivity contribution in [3.63, 3.8) is 0 Å². The van der Waals surface area contributed by atoms with Gasteiger partial charge in [0.15, 0.2) is 5.82 Å². The van der Waals surface area contributed by atoms with Crippen molar-refractivity contribution < 1.29 is 14.3 Å². The van der Waals surface area contributed by atoms with Crippen LogP contribution < -0.4 is 15.8 Å². The van der Waals surface area contributed by atoms with Crippen molar-refractivity contribution in [1.82, 2.24) is 9.78 Å². The van der Waals surface area contributed by atoms with Crippen molar-refractivity contribution in [2.45, 2.75) is 6.54 Å². The molecule has 0 saturated carbocycles. The van der Waals surface area contributed by atoms with Crippen LogP contribution in [-0.2, 0) is 6.54 Å². The smallest absolute Gasteiger partial charge is 0.256 e. The normalized spacial score (nSPS) is 10.3. The molecule has 0 spiro atoms. The maximum absolute atomic E-state index is 12.3. The Labute approximate surface area is 150 Å². The summed E-state index contributed by atoms with van der Waals surface area (Å²) >= 11 is 0. The van der Waals surface area contributed by atoms with E-state index in [1.807, 2.05) is 24.3 Å². The third kappa shape index (κ3) is 4.07. The highest BCUT2D eigenvalue weighted by Gasteiger charge is 2.10. The van der Waals surface area contributed by atoms with Gasteiger partial charge in [0.05, 0.1) is 13.7 Å². The summed E-state index contributed by atoms with van der Waals surface area (Å²) in [5.74, 6) is 0.277. The predicted octanol–water partition coefficient (Wildman–Crippen LogP) is 2.29. The number of nitrogens with one attached hydrogen (secondary N) is 1. The molecule has 3 aromatic rings. The molecule has 2 amide bonds. The zero-order valence-corrected chi connectivity index (χ0v) is 14.2. The number of rotatable bonds is 6. The molecule has 0 saturated heterocycles. The number of carbonyl (C=O) groups excluding carboxylic acids is 2. The third-order valence-electron chi connectivity index (χ3n) is 3.80. The fraction of sp³-hybridized carbons (Fsp3) is 0.105. The van der Waals surface area contributed by atoms with E-state index in [0.717, 1.165) is 11.3 Å². The van der Waals surface area contributed by atoms with Crippen LogP contribution in [0.25, 0.3) is 0 Å². The molecule has 0 aliphatic carbocycles. The molecule has 0 radical (unpaired) electrons. The van der Waals surface area contributed by atoms with Crippen molar-refractivity contribution in [1.29, 1.82) is 0 Å². The number of amides is 2. The number of nitrogens with two attached hydrogens (primary N) is 1. The van der Waals surface area contributed by atoms with E-state index in [2.05, 4.69) is 10.4 Å². The zero-order chi connectivity index (χ0) is 18.5. The lowest BCUT2D eigenvalue weighted by molar-refractivity contribution is 0.1000. The summed E-state index contributed by atoms with van der Waals surface area (Å²) in [4.78, 5) is 23.5. The monoisotopic (exact) mass is 350 g/mol. The van der Waals surface area contributed by atoms with Gasteiger partial charge in [-0.2, -0.15) is 5.10 Å². The van der Waals surface area contributed by atoms with Crippen molar-refractivity contribution in [2.75, 3.05) is 12.4 Å². The highest BCUT2D eigenvalue weighted by molar-refractivity contribution is 6.05. The first-order valence-electron chi connectivity index (χ1n) is 7.93. The van der Waals surface area contributed by atoms with Crippen molar-refractivity contribution >= 4 is 17.6 Å². The summed E-state index contributed by atoms with van der Waals surface area (Å²) in [6.07, 6.45) is 1.78. The molecule has 1 aromatic heterocycles. The zero-order valence-electron chi connectivity index (χ0n) is 14.2. The summed E-state index contributed by atoms with van der Waals surface area (Å²) in [6.45, 7) is 0.566. The van der Waals surface area contributed by atoms with Gasteiger partial charge in [-0.25, -0.2) is 0 Å². The first-order chi connectivity index (χ1) is 12.5. The second-order valence-electron chi connectivity index (χ2n) is 5.65. The summed E-state index contributed by atoms with van der Waals surface area (Å²) in [6, 6.07) is 15.6. The van der Waals surface area contributed by atoms with Crippen LogP contribution in [0.15, 0.2) is 60.8 Å². The first-order valence-corrected chi connectivity index (χ1v) is 7.93. The van der Waals surface area contributed by atoms with E-state index in [4.69, 9.17) is 10.5 Å². The molecule has 3 N–H and O–H groups in total. The Morgan fingerprint density at radius 1 is 1.12 bits per heavy atom. The second-order valence-corrected chi connectivity index (χ2v) is 5.65. The Bertz CT molecular complexity index is 932. The number of anilines is 1. The highest BCUT2D eigenvalue weighted by Crippen LogP contribution is 2.13. The van der Waals surface area contributed by atoms with Gasteiger partial charge in [0.2, 0.25) is 5.91 Å². The van der Waals surface area contributed by atoms with Crippen LogP contribution in [0.5, 0.6) is 5.75 Å². The van der Waals surface area contributed by atoms with Gasteiger partial charge >= 0.3 is 0 Å². The summed E-state index contributed by atoms with van der Waals surface area (Å²) in [5.41, 5.74) is 6.91. The average molecular weight is 350 g/mol. The van der Waals surface area contributed by atoms with Gasteiger partial charge in [-0.05, 0) is 35.9 Å². The van der Waals surface area contributed by atoms with Crippen LogP contribution in [0, 0.1) is 0 Å². The quantitative estimate of drug-likeness (QED) is 0.712. The van der Waals surface area contributed by atoms with E-state index in [1.165, 1.54) is 6.07 Å². The van der Waals surface area contributed by atoms with Crippen molar-refractivity contribution in [3.05, 3.63) is 77.5 Å². The summed E-state index contributed by atoms with van der Waals surface area (Å²) < 4.78 is 6.85. The van der Waals surface area contributed by atoms with Gasteiger partial charge in [-0.15, -0.1) is 0 Å². The van der Waals surface area contributed by atoms with E-state index in [9.17, 15) is 9.59 Å². The summed E-state index contributed by atoms with van der Waals surface area (Å²) in [7, 11) is 1.62. The van der Waals surface area contributed by atoms with Crippen LogP contribution >= 0.6 is 0 Å². The lowest BCUT2D eigenvalue weighted by atomic mass is 10.1. The Kier molecular flexibility index (Phi) is 4.98. The molecule has 0 aliphatic heterocycles. The highest BCUT2D eigenvalue weighted by atomic mass is 16.5. The van der Waals surface area contributed by atoms with Gasteiger partial charge in [-0.1, -0.05) is 18.2 Å². The maximum Gasteiger partial charge on any atom is 0.256 e. The molecule has 7 heteroatoms. The molecule has 26 heavy (non-hydrogen) atoms. The number of nitrogens with zero attached hydrogens (tertiary/aromatic N) is 2. The van der Waals surface area contributed by atoms with Gasteiger partial charge in [0.25, 0.3) is 5.91 Å². The fourth-order valence-electron chi connectivity index (χ4n) is 2.44. The van der Waals surface area contributed by atoms with Crippen LogP contribution in [0.1, 0.15) is 26.3 Å². The van der Waals surface area contributed by atoms with E-state index in [1.54, 1.807) is 42.3 Å². The lowest BCUT2D eigenvalue weighted by Crippen LogP contribution is -2.15. The molecule has 0 unspecified atom stereocenters. The second kappa shape index (κ2) is 7.52. The first kappa shape index (κ1) is 17.2. The molecular formula is C19H18N4O3. The largest absolute Gasteiger partial charge is 0.497 e. The number of hydrogen-bond donors (Lipinski definition) is 2. The van der Waals surface area contributed by atoms with E-state index in [-0.39, 0.29) is 11.5 Å². The minimum Gasteiger partial charge on any atom is -0.497 e. The van der Waals surface area contributed by atoms with Gasteiger partial charge in [0.1, 0.15) is 5.75 Å². The molecule has 7 nitrogen and oxygen atoms in total. The van der Waals surface area contributed by atoms with Gasteiger partial charge < -0.3 is 15.8 Å². The maximum atomic E-state index is 12.3. The van der Waals surface area contributed by atoms with Gasteiger partial charge in [-0.3, -0.25) is 14.3 Å². The molecule has 0 atom stereocenters. The summed E-state index contributed by atoms with van der Waals surface area (Å²) in [5, 5.41) is 7.04. The number of carbonyl (C=O) groups is 2. The minimum absolute atomic E-state index is 0.280. The Morgan fingerprint density at radius 2 is 1.85 bits per heavy atom. The van der Waals surface area contributed by atoms with Crippen molar-refractivity contribution in [3.8, 4) is 5.75 Å². The molecule has 132 valence electrons. The molecular weight excluding hydrogens is 332 g/mol. The number of methoxy groups -OCH3 is 1. The van der Waals surface area contributed by atoms with Crippen LogP contribution in [-0.4, -0.2) is 28.7 Å². The van der Waals surface area contributed by atoms with Crippen LogP contribution in [0.4, 0.5) is 5.82 Å². The lowest BCUT2D eigenvalue weighted by Gasteiger charge is -2.05. The fourth-order valence-corrected chi connectivity index (χ4v) is 2.44. The van der Waals surface area contributed by atoms with Crippen LogP contribution in [0.2, 0.25) is 0 Å². The molecule has 3 rings (SSSR count). The van der Waals surface area contributed by atoms with Crippen molar-refractivity contribution in [2.24, 2.45) is 5.73 Å². The van der Waals surface area contributed by atoms with Gasteiger partial charge in [0, 0.05) is 23.4 Å². The predicted molar refractivity (Wildman–Crippen MR) is 97.2 cm³/mol. The standard InChI is InChI=1S/C19H18N4O3/c1-26-16-7-5-13(6-8-16)12-23-10-9-17(22-23)21-19(25)15-4-2-3-14(11-15)18(20)24/h2-11H,12H2,1H3,(H2,20,24)(H,21,22,25). The number of hydrogen-bond acceptors (Lipinski definition) is 4. The Hall–Kier alpha value is -3.61. The van der Waals surface area contributed by atoms with E-state index < -0.39 is 5.91 Å². The van der Waals surface area contributed by atoms with E-state index >= 15 is 0 Å². The average Bonchev–Trinajstić information content (AvgIpc) is 3.09.